The number of ether oxygens (including phenoxy) is 1. The van der Waals surface area contributed by atoms with Gasteiger partial charge < -0.3 is 10.1 Å². The molecule has 0 bridgehead atoms. The Hall–Kier alpha value is -0.250. The third-order valence-corrected chi connectivity index (χ3v) is 3.26. The van der Waals surface area contributed by atoms with Crippen molar-refractivity contribution in [3.63, 3.8) is 0 Å². The molecule has 0 radical (unpaired) electrons. The van der Waals surface area contributed by atoms with Crippen LogP contribution in [0.1, 0.15) is 26.3 Å². The van der Waals surface area contributed by atoms with Crippen LogP contribution >= 0.6 is 27.5 Å². The second-order valence-corrected chi connectivity index (χ2v) is 6.23. The van der Waals surface area contributed by atoms with Gasteiger partial charge in [0.15, 0.2) is 0 Å². The van der Waals surface area contributed by atoms with Crippen molar-refractivity contribution in [3.05, 3.63) is 27.2 Å². The predicted octanol–water partition coefficient (Wildman–Crippen LogP) is 4.64. The van der Waals surface area contributed by atoms with Gasteiger partial charge >= 0.3 is 0 Å². The molecule has 0 unspecified atom stereocenters. The highest BCUT2D eigenvalue weighted by Crippen LogP contribution is 2.28. The molecule has 0 amide bonds. The van der Waals surface area contributed by atoms with E-state index >= 15 is 0 Å². The first-order valence-electron chi connectivity index (χ1n) is 5.63. The van der Waals surface area contributed by atoms with E-state index in [0.717, 1.165) is 27.3 Å². The summed E-state index contributed by atoms with van der Waals surface area (Å²) in [6.45, 7) is 9.55. The van der Waals surface area contributed by atoms with E-state index in [4.69, 9.17) is 16.3 Å². The Kier molecular flexibility index (Phi) is 5.29. The highest BCUT2D eigenvalue weighted by atomic mass is 79.9. The molecule has 2 nitrogen and oxygen atoms in total. The van der Waals surface area contributed by atoms with Crippen molar-refractivity contribution in [2.45, 2.75) is 33.3 Å². The molecule has 0 saturated heterocycles. The van der Waals surface area contributed by atoms with E-state index in [-0.39, 0.29) is 5.60 Å². The summed E-state index contributed by atoms with van der Waals surface area (Å²) in [7, 11) is 0. The van der Waals surface area contributed by atoms with Crippen LogP contribution in [0, 0.1) is 6.92 Å². The summed E-state index contributed by atoms with van der Waals surface area (Å²) in [5.74, 6) is 0. The smallest absolute Gasteiger partial charge is 0.0646 e. The second-order valence-electron chi connectivity index (χ2n) is 4.97. The normalized spacial score (nSPS) is 11.6. The fourth-order valence-corrected chi connectivity index (χ4v) is 2.09. The van der Waals surface area contributed by atoms with Gasteiger partial charge in [0.1, 0.15) is 0 Å². The molecule has 0 saturated carbocycles. The Morgan fingerprint density at radius 3 is 2.59 bits per heavy atom. The Balaban J connectivity index is 2.50. The van der Waals surface area contributed by atoms with Crippen LogP contribution in [0.4, 0.5) is 5.69 Å². The molecule has 0 aliphatic carbocycles. The number of nitrogens with one attached hydrogen (secondary N) is 1. The zero-order valence-electron chi connectivity index (χ0n) is 10.7. The number of halogens is 2. The molecule has 17 heavy (non-hydrogen) atoms. The lowest BCUT2D eigenvalue weighted by atomic mass is 10.2. The fourth-order valence-electron chi connectivity index (χ4n) is 1.32. The van der Waals surface area contributed by atoms with Crippen LogP contribution in [0.15, 0.2) is 16.6 Å². The van der Waals surface area contributed by atoms with Gasteiger partial charge in [0.25, 0.3) is 0 Å². The maximum atomic E-state index is 6.08. The van der Waals surface area contributed by atoms with Crippen molar-refractivity contribution in [3.8, 4) is 0 Å². The SMILES string of the molecule is Cc1cc(Br)c(NCCOC(C)(C)C)cc1Cl. The average Bonchev–Trinajstić information content (AvgIpc) is 2.18. The Morgan fingerprint density at radius 2 is 2.00 bits per heavy atom. The van der Waals surface area contributed by atoms with Gasteiger partial charge in [0, 0.05) is 16.0 Å². The maximum Gasteiger partial charge on any atom is 0.0646 e. The van der Waals surface area contributed by atoms with E-state index in [1.807, 2.05) is 39.8 Å². The average molecular weight is 321 g/mol. The van der Waals surface area contributed by atoms with Gasteiger partial charge in [-0.2, -0.15) is 0 Å². The number of hydrogen-bond acceptors (Lipinski definition) is 2. The molecule has 1 N–H and O–H groups in total. The van der Waals surface area contributed by atoms with Crippen LogP contribution in [-0.4, -0.2) is 18.8 Å². The van der Waals surface area contributed by atoms with Crippen molar-refractivity contribution in [2.24, 2.45) is 0 Å². The van der Waals surface area contributed by atoms with Crippen LogP contribution in [0.25, 0.3) is 0 Å². The molecule has 0 fully saturated rings. The molecule has 0 atom stereocenters. The number of rotatable bonds is 4. The molecule has 4 heteroatoms. The first-order valence-corrected chi connectivity index (χ1v) is 6.80. The van der Waals surface area contributed by atoms with Crippen molar-refractivity contribution < 1.29 is 4.74 Å². The standard InChI is InChI=1S/C13H19BrClNO/c1-9-7-10(14)12(8-11(9)15)16-5-6-17-13(2,3)4/h7-8,16H,5-6H2,1-4H3. The molecular weight excluding hydrogens is 302 g/mol. The Morgan fingerprint density at radius 1 is 1.35 bits per heavy atom. The summed E-state index contributed by atoms with van der Waals surface area (Å²) in [4.78, 5) is 0. The fraction of sp³-hybridized carbons (Fsp3) is 0.538. The van der Waals surface area contributed by atoms with Crippen LogP contribution in [-0.2, 0) is 4.74 Å². The van der Waals surface area contributed by atoms with Gasteiger partial charge in [0.2, 0.25) is 0 Å². The largest absolute Gasteiger partial charge is 0.382 e. The zero-order valence-corrected chi connectivity index (χ0v) is 13.1. The van der Waals surface area contributed by atoms with Gasteiger partial charge in [-0.1, -0.05) is 11.6 Å². The van der Waals surface area contributed by atoms with Crippen molar-refractivity contribution >= 4 is 33.2 Å². The summed E-state index contributed by atoms with van der Waals surface area (Å²) >= 11 is 9.59. The van der Waals surface area contributed by atoms with Gasteiger partial charge in [-0.25, -0.2) is 0 Å². The van der Waals surface area contributed by atoms with E-state index in [0.29, 0.717) is 6.61 Å². The monoisotopic (exact) mass is 319 g/mol. The van der Waals surface area contributed by atoms with Gasteiger partial charge in [0.05, 0.1) is 17.9 Å². The number of hydrogen-bond donors (Lipinski definition) is 1. The molecule has 0 spiro atoms. The molecule has 0 heterocycles. The van der Waals surface area contributed by atoms with Gasteiger partial charge in [-0.3, -0.25) is 0 Å². The summed E-state index contributed by atoms with van der Waals surface area (Å²) in [5, 5.41) is 4.07. The highest BCUT2D eigenvalue weighted by molar-refractivity contribution is 9.10. The molecule has 0 aromatic heterocycles. The molecule has 96 valence electrons. The maximum absolute atomic E-state index is 6.08. The molecule has 1 aromatic rings. The van der Waals surface area contributed by atoms with E-state index in [1.54, 1.807) is 0 Å². The molecule has 0 aliphatic rings. The Bertz CT molecular complexity index is 388. The Labute approximate surface area is 117 Å². The zero-order chi connectivity index (χ0) is 13.1. The van der Waals surface area contributed by atoms with Gasteiger partial charge in [-0.15, -0.1) is 0 Å². The summed E-state index contributed by atoms with van der Waals surface area (Å²) < 4.78 is 6.66. The van der Waals surface area contributed by atoms with Gasteiger partial charge in [-0.05, 0) is 61.3 Å². The first kappa shape index (κ1) is 14.8. The lowest BCUT2D eigenvalue weighted by Gasteiger charge is -2.20. The quantitative estimate of drug-likeness (QED) is 0.816. The predicted molar refractivity (Wildman–Crippen MR) is 78.1 cm³/mol. The lowest BCUT2D eigenvalue weighted by Crippen LogP contribution is -2.23. The minimum Gasteiger partial charge on any atom is -0.382 e. The number of anilines is 1. The van der Waals surface area contributed by atoms with E-state index < -0.39 is 0 Å². The topological polar surface area (TPSA) is 21.3 Å². The van der Waals surface area contributed by atoms with Crippen molar-refractivity contribution in [1.29, 1.82) is 0 Å². The number of aryl methyl sites for hydroxylation is 1. The summed E-state index contributed by atoms with van der Waals surface area (Å²) in [6.07, 6.45) is 0. The van der Waals surface area contributed by atoms with E-state index in [9.17, 15) is 0 Å². The minimum atomic E-state index is -0.0934. The summed E-state index contributed by atoms with van der Waals surface area (Å²) in [5.41, 5.74) is 1.97. The third kappa shape index (κ3) is 5.28. The lowest BCUT2D eigenvalue weighted by molar-refractivity contribution is 0.00333. The molecule has 1 rings (SSSR count). The van der Waals surface area contributed by atoms with Crippen LogP contribution in [0.2, 0.25) is 5.02 Å². The minimum absolute atomic E-state index is 0.0934. The molecule has 0 aliphatic heterocycles. The highest BCUT2D eigenvalue weighted by Gasteiger charge is 2.09. The van der Waals surface area contributed by atoms with E-state index in [2.05, 4.69) is 21.2 Å². The van der Waals surface area contributed by atoms with Crippen molar-refractivity contribution in [2.75, 3.05) is 18.5 Å². The third-order valence-electron chi connectivity index (χ3n) is 2.20. The van der Waals surface area contributed by atoms with Crippen molar-refractivity contribution in [1.82, 2.24) is 0 Å². The first-order chi connectivity index (χ1) is 7.79. The van der Waals surface area contributed by atoms with Crippen LogP contribution in [0.5, 0.6) is 0 Å². The van der Waals surface area contributed by atoms with Crippen LogP contribution < -0.4 is 5.32 Å². The summed E-state index contributed by atoms with van der Waals surface area (Å²) in [6, 6.07) is 3.94. The van der Waals surface area contributed by atoms with Crippen LogP contribution in [0.3, 0.4) is 0 Å². The second kappa shape index (κ2) is 6.07. The molecule has 1 aromatic carbocycles. The number of benzene rings is 1. The molecular formula is C13H19BrClNO. The van der Waals surface area contributed by atoms with E-state index in [1.165, 1.54) is 0 Å².